The second-order valence-electron chi connectivity index (χ2n) is 19.8. The average molecular weight is 798 g/mol. The summed E-state index contributed by atoms with van der Waals surface area (Å²) in [5.74, 6) is 3.82. The maximum atomic E-state index is 3.65. The Hall–Kier alpha value is -3.15. The second-order valence-corrected chi connectivity index (χ2v) is 20.5. The molecule has 0 radical (unpaired) electrons. The molecule has 1 atom stereocenters. The summed E-state index contributed by atoms with van der Waals surface area (Å²) in [5, 5.41) is 2.69. The van der Waals surface area contributed by atoms with E-state index in [0.717, 1.165) is 24.2 Å². The molecule has 4 aromatic carbocycles. The van der Waals surface area contributed by atoms with Crippen LogP contribution in [0.2, 0.25) is 0 Å². The summed E-state index contributed by atoms with van der Waals surface area (Å²) in [6, 6.07) is 24.7. The van der Waals surface area contributed by atoms with E-state index in [-0.39, 0.29) is 10.8 Å². The molecule has 278 valence electrons. The first-order valence-corrected chi connectivity index (χ1v) is 22.6. The van der Waals surface area contributed by atoms with Crippen LogP contribution in [0.1, 0.15) is 139 Å². The Kier molecular flexibility index (Phi) is 9.36. The van der Waals surface area contributed by atoms with Crippen LogP contribution >= 0.6 is 0 Å². The van der Waals surface area contributed by atoms with E-state index in [2.05, 4.69) is 150 Å². The van der Waals surface area contributed by atoms with Crippen molar-refractivity contribution in [2.75, 3.05) is 0 Å². The SMILES string of the molecule is CC1=[C-]C(C)(C)c2cc3c(cc21)-c1cc2c(cc1C3)C(C)(C)C=C2C.CC1=[C-]C(C)C=C1CC12CC3CC(CC(C3)C1)C2.[Zr+2]=[CH]c1cccc2ccccc12. The van der Waals surface area contributed by atoms with Crippen molar-refractivity contribution in [3.63, 3.8) is 0 Å². The van der Waals surface area contributed by atoms with E-state index in [1.54, 1.807) is 44.1 Å². The van der Waals surface area contributed by atoms with Gasteiger partial charge < -0.3 is 0 Å². The van der Waals surface area contributed by atoms with Crippen LogP contribution < -0.4 is 0 Å². The summed E-state index contributed by atoms with van der Waals surface area (Å²) in [5.41, 5.74) is 19.7. The topological polar surface area (TPSA) is 0 Å². The van der Waals surface area contributed by atoms with Crippen molar-refractivity contribution in [2.45, 2.75) is 118 Å². The summed E-state index contributed by atoms with van der Waals surface area (Å²) in [4.78, 5) is 0. The van der Waals surface area contributed by atoms with Gasteiger partial charge in [-0.25, -0.2) is 11.1 Å². The first kappa shape index (κ1) is 37.4. The third-order valence-electron chi connectivity index (χ3n) is 14.5. The van der Waals surface area contributed by atoms with Crippen LogP contribution in [0.3, 0.4) is 0 Å². The fourth-order valence-electron chi connectivity index (χ4n) is 12.7. The van der Waals surface area contributed by atoms with E-state index in [1.807, 2.05) is 0 Å². The summed E-state index contributed by atoms with van der Waals surface area (Å²) >= 11 is 1.46. The van der Waals surface area contributed by atoms with Gasteiger partial charge in [0.1, 0.15) is 0 Å². The van der Waals surface area contributed by atoms with Crippen LogP contribution in [0.5, 0.6) is 0 Å². The second kappa shape index (κ2) is 13.8. The fourth-order valence-corrected chi connectivity index (χ4v) is 13.3. The summed E-state index contributed by atoms with van der Waals surface area (Å²) in [7, 11) is 0. The van der Waals surface area contributed by atoms with Crippen LogP contribution in [-0.2, 0) is 41.5 Å². The van der Waals surface area contributed by atoms with Crippen LogP contribution in [-0.4, -0.2) is 3.71 Å². The minimum atomic E-state index is 0.0340. The number of rotatable bonds is 3. The van der Waals surface area contributed by atoms with E-state index in [4.69, 9.17) is 0 Å². The summed E-state index contributed by atoms with van der Waals surface area (Å²) in [6.07, 6.45) is 23.9. The first-order chi connectivity index (χ1) is 26.2. The molecule has 0 aromatic heterocycles. The van der Waals surface area contributed by atoms with E-state index < -0.39 is 0 Å². The Labute approximate surface area is 346 Å². The van der Waals surface area contributed by atoms with Crippen molar-refractivity contribution in [2.24, 2.45) is 29.1 Å². The molecule has 0 spiro atoms. The van der Waals surface area contributed by atoms with Gasteiger partial charge in [-0.1, -0.05) is 84.4 Å². The molecule has 0 aliphatic heterocycles. The molecule has 4 fully saturated rings. The van der Waals surface area contributed by atoms with Gasteiger partial charge in [0, 0.05) is 5.41 Å². The Balaban J connectivity index is 0.000000116. The predicted molar refractivity (Wildman–Crippen MR) is 231 cm³/mol. The van der Waals surface area contributed by atoms with Gasteiger partial charge >= 0.3 is 86.7 Å². The quantitative estimate of drug-likeness (QED) is 0.160. The Bertz CT molecular complexity index is 2240. The number of hydrogen-bond donors (Lipinski definition) is 0. The van der Waals surface area contributed by atoms with Crippen LogP contribution in [0.25, 0.3) is 33.0 Å². The van der Waals surface area contributed by atoms with Crippen molar-refractivity contribution in [1.82, 2.24) is 0 Å². The predicted octanol–water partition coefficient (Wildman–Crippen LogP) is 13.9. The van der Waals surface area contributed by atoms with Crippen LogP contribution in [0.4, 0.5) is 0 Å². The van der Waals surface area contributed by atoms with Crippen molar-refractivity contribution in [1.29, 1.82) is 0 Å². The van der Waals surface area contributed by atoms with Gasteiger partial charge in [-0.3, -0.25) is 12.2 Å². The molecule has 4 aromatic rings. The molecule has 55 heavy (non-hydrogen) atoms. The van der Waals surface area contributed by atoms with Gasteiger partial charge in [-0.2, -0.15) is 17.2 Å². The van der Waals surface area contributed by atoms with E-state index in [9.17, 15) is 0 Å². The maximum absolute atomic E-state index is 3.65. The molecule has 8 aliphatic carbocycles. The van der Waals surface area contributed by atoms with Gasteiger partial charge in [0.15, 0.2) is 0 Å². The Morgan fingerprint density at radius 2 is 1.35 bits per heavy atom. The monoisotopic (exact) mass is 796 g/mol. The molecule has 0 nitrogen and oxygen atoms in total. The molecular weight excluding hydrogens is 740 g/mol. The molecule has 1 heteroatoms. The van der Waals surface area contributed by atoms with Crippen LogP contribution in [0.15, 0.2) is 90.0 Å². The number of fused-ring (bicyclic) bond motifs is 6. The van der Waals surface area contributed by atoms with Gasteiger partial charge in [-0.05, 0) is 120 Å². The van der Waals surface area contributed by atoms with E-state index >= 15 is 0 Å². The third kappa shape index (κ3) is 6.77. The summed E-state index contributed by atoms with van der Waals surface area (Å²) < 4.78 is 2.23. The van der Waals surface area contributed by atoms with E-state index in [1.165, 1.54) is 108 Å². The van der Waals surface area contributed by atoms with Gasteiger partial charge in [0.2, 0.25) is 0 Å². The molecule has 4 bridgehead atoms. The molecule has 0 heterocycles. The molecule has 4 saturated carbocycles. The number of benzene rings is 4. The van der Waals surface area contributed by atoms with Crippen molar-refractivity contribution in [3.05, 3.63) is 141 Å². The average Bonchev–Trinajstić information content (AvgIpc) is 3.79. The van der Waals surface area contributed by atoms with Gasteiger partial charge in [0.05, 0.1) is 0 Å². The summed E-state index contributed by atoms with van der Waals surface area (Å²) in [6.45, 7) is 18.2. The Morgan fingerprint density at radius 1 is 0.727 bits per heavy atom. The molecular formula is C54H58Zr. The number of allylic oxidation sites excluding steroid dienone is 8. The first-order valence-electron chi connectivity index (χ1n) is 21.2. The normalized spacial score (nSPS) is 27.7. The standard InChI is InChI=1S/C25H25.C18H25.C11H8.Zr/c1-14-12-24(3,4)22-8-16-7-17-9-23-19(15(2)13-25(23,5)6)11-21(17)20(16)10-18(14)22;1-12-3-13(2)17(4-12)11-18-8-14-5-15(9-18)7-16(6-14)10-18;1-9-5-4-7-10-6-2-3-8-11(9)10;/h8-12H,7H2,1-6H3;4,12,14-16H,5-11H2,1-2H3;1-8H;/q2*-1;;+2. The number of hydrogen-bond acceptors (Lipinski definition) is 0. The molecule has 0 N–H and O–H groups in total. The molecule has 8 aliphatic rings. The van der Waals surface area contributed by atoms with Crippen molar-refractivity contribution < 1.29 is 24.2 Å². The van der Waals surface area contributed by atoms with Crippen molar-refractivity contribution in [3.8, 4) is 11.1 Å². The van der Waals surface area contributed by atoms with Gasteiger partial charge in [-0.15, -0.1) is 11.6 Å². The van der Waals surface area contributed by atoms with E-state index in [0.29, 0.717) is 11.3 Å². The fraction of sp³-hybridized carbons (Fsp3) is 0.426. The van der Waals surface area contributed by atoms with Gasteiger partial charge in [0.25, 0.3) is 0 Å². The third-order valence-corrected chi connectivity index (χ3v) is 15.3. The molecule has 0 amide bonds. The molecule has 12 rings (SSSR count). The zero-order valence-electron chi connectivity index (χ0n) is 34.5. The minimum absolute atomic E-state index is 0.0340. The molecule has 0 saturated heterocycles. The van der Waals surface area contributed by atoms with Crippen molar-refractivity contribution >= 4 is 25.6 Å². The zero-order chi connectivity index (χ0) is 38.4. The Morgan fingerprint density at radius 3 is 1.98 bits per heavy atom. The molecule has 1 unspecified atom stereocenters. The van der Waals surface area contributed by atoms with Crippen LogP contribution in [0, 0.1) is 41.2 Å². The zero-order valence-corrected chi connectivity index (χ0v) is 37.0.